The van der Waals surface area contributed by atoms with Crippen molar-refractivity contribution in [3.8, 4) is 11.1 Å². The number of benzene rings is 2. The molecule has 0 bridgehead atoms. The minimum absolute atomic E-state index is 0.0703. The highest BCUT2D eigenvalue weighted by Gasteiger charge is 2.19. The summed E-state index contributed by atoms with van der Waals surface area (Å²) < 4.78 is 42.8. The molecule has 0 atom stereocenters. The van der Waals surface area contributed by atoms with Crippen molar-refractivity contribution >= 4 is 17.2 Å². The van der Waals surface area contributed by atoms with Crippen LogP contribution in [-0.2, 0) is 0 Å². The molecule has 3 aromatic rings. The first kappa shape index (κ1) is 15.3. The lowest BCUT2D eigenvalue weighted by Crippen LogP contribution is -1.98. The fraction of sp³-hybridized carbons (Fsp3) is 0.167. The summed E-state index contributed by atoms with van der Waals surface area (Å²) in [6.07, 6.45) is 2.37. The number of carbonyl (C=O) groups excluding carboxylic acids is 1. The van der Waals surface area contributed by atoms with E-state index in [9.17, 15) is 18.0 Å². The van der Waals surface area contributed by atoms with Crippen molar-refractivity contribution in [3.63, 3.8) is 0 Å². The van der Waals surface area contributed by atoms with Gasteiger partial charge in [-0.1, -0.05) is 12.1 Å². The molecule has 0 saturated heterocycles. The van der Waals surface area contributed by atoms with Gasteiger partial charge in [-0.15, -0.1) is 0 Å². The Morgan fingerprint density at radius 1 is 1.00 bits per heavy atom. The molecular weight excluding hydrogens is 303 g/mol. The van der Waals surface area contributed by atoms with Crippen molar-refractivity contribution in [1.82, 2.24) is 4.57 Å². The van der Waals surface area contributed by atoms with E-state index in [1.807, 2.05) is 24.5 Å². The lowest BCUT2D eigenvalue weighted by molar-refractivity contribution is 0.112. The molecule has 23 heavy (non-hydrogen) atoms. The number of halogens is 3. The number of hydrogen-bond acceptors (Lipinski definition) is 1. The molecule has 0 saturated carbocycles. The first-order chi connectivity index (χ1) is 11.0. The Kier molecular flexibility index (Phi) is 3.72. The fourth-order valence-electron chi connectivity index (χ4n) is 2.82. The van der Waals surface area contributed by atoms with Crippen LogP contribution in [0.15, 0.2) is 36.5 Å². The summed E-state index contributed by atoms with van der Waals surface area (Å²) in [5, 5.41) is 0.529. The van der Waals surface area contributed by atoms with E-state index in [0.717, 1.165) is 11.6 Å². The first-order valence-corrected chi connectivity index (χ1v) is 7.18. The fourth-order valence-corrected chi connectivity index (χ4v) is 2.82. The van der Waals surface area contributed by atoms with Crippen LogP contribution < -0.4 is 0 Å². The largest absolute Gasteiger partial charge is 0.344 e. The number of aromatic nitrogens is 1. The van der Waals surface area contributed by atoms with E-state index in [0.29, 0.717) is 22.8 Å². The molecular formula is C18H14F3NO. The standard InChI is InChI=1S/C18H14F3NO/c1-10(2)22-8-11(9-23)16-12(4-3-5-15(16)22)13-6-7-14(19)18(21)17(13)20/h3-10H,1-2H3. The van der Waals surface area contributed by atoms with Crippen LogP contribution in [0.2, 0.25) is 0 Å². The van der Waals surface area contributed by atoms with Crippen LogP contribution >= 0.6 is 0 Å². The van der Waals surface area contributed by atoms with Gasteiger partial charge in [-0.05, 0) is 37.6 Å². The molecule has 118 valence electrons. The Bertz CT molecular complexity index is 912. The van der Waals surface area contributed by atoms with Gasteiger partial charge in [0.15, 0.2) is 23.7 Å². The molecule has 0 N–H and O–H groups in total. The molecule has 2 nitrogen and oxygen atoms in total. The minimum atomic E-state index is -1.52. The molecule has 0 amide bonds. The SMILES string of the molecule is CC(C)n1cc(C=O)c2c(-c3ccc(F)c(F)c3F)cccc21. The van der Waals surface area contributed by atoms with Gasteiger partial charge in [-0.25, -0.2) is 13.2 Å². The van der Waals surface area contributed by atoms with E-state index < -0.39 is 17.5 Å². The smallest absolute Gasteiger partial charge is 0.195 e. The van der Waals surface area contributed by atoms with Gasteiger partial charge >= 0.3 is 0 Å². The summed E-state index contributed by atoms with van der Waals surface area (Å²) in [6, 6.07) is 7.26. The molecule has 0 unspecified atom stereocenters. The lowest BCUT2D eigenvalue weighted by atomic mass is 9.98. The molecule has 0 radical (unpaired) electrons. The van der Waals surface area contributed by atoms with Gasteiger partial charge in [-0.2, -0.15) is 0 Å². The van der Waals surface area contributed by atoms with Crippen molar-refractivity contribution in [2.24, 2.45) is 0 Å². The second-order valence-electron chi connectivity index (χ2n) is 5.63. The second kappa shape index (κ2) is 5.57. The molecule has 0 aliphatic rings. The van der Waals surface area contributed by atoms with E-state index in [4.69, 9.17) is 0 Å². The molecule has 5 heteroatoms. The van der Waals surface area contributed by atoms with Crippen LogP contribution in [0.5, 0.6) is 0 Å². The van der Waals surface area contributed by atoms with Gasteiger partial charge in [0.2, 0.25) is 0 Å². The van der Waals surface area contributed by atoms with Crippen LogP contribution in [0.1, 0.15) is 30.2 Å². The van der Waals surface area contributed by atoms with Crippen molar-refractivity contribution < 1.29 is 18.0 Å². The van der Waals surface area contributed by atoms with Gasteiger partial charge in [0, 0.05) is 34.3 Å². The highest BCUT2D eigenvalue weighted by Crippen LogP contribution is 2.35. The lowest BCUT2D eigenvalue weighted by Gasteiger charge is -2.11. The van der Waals surface area contributed by atoms with E-state index in [1.165, 1.54) is 6.07 Å². The van der Waals surface area contributed by atoms with E-state index >= 15 is 0 Å². The normalized spacial score (nSPS) is 11.4. The number of carbonyl (C=O) groups is 1. The molecule has 1 heterocycles. The summed E-state index contributed by atoms with van der Waals surface area (Å²) in [5.41, 5.74) is 1.41. The van der Waals surface area contributed by atoms with E-state index in [-0.39, 0.29) is 11.6 Å². The van der Waals surface area contributed by atoms with E-state index in [1.54, 1.807) is 18.3 Å². The molecule has 0 fully saturated rings. The zero-order valence-electron chi connectivity index (χ0n) is 12.6. The predicted octanol–water partition coefficient (Wildman–Crippen LogP) is 5.12. The zero-order valence-corrected chi connectivity index (χ0v) is 12.6. The summed E-state index contributed by atoms with van der Waals surface area (Å²) in [5.74, 6) is -4.02. The van der Waals surface area contributed by atoms with Crippen molar-refractivity contribution in [2.75, 3.05) is 0 Å². The molecule has 0 aliphatic carbocycles. The monoisotopic (exact) mass is 317 g/mol. The Labute approximate surface area is 131 Å². The summed E-state index contributed by atoms with van der Waals surface area (Å²) in [4.78, 5) is 11.4. The Hall–Kier alpha value is -2.56. The van der Waals surface area contributed by atoms with Crippen LogP contribution in [0.3, 0.4) is 0 Å². The third-order valence-electron chi connectivity index (χ3n) is 3.90. The van der Waals surface area contributed by atoms with Gasteiger partial charge in [0.05, 0.1) is 0 Å². The third kappa shape index (κ3) is 2.32. The van der Waals surface area contributed by atoms with Gasteiger partial charge in [0.25, 0.3) is 0 Å². The number of aldehydes is 1. The van der Waals surface area contributed by atoms with Crippen molar-refractivity contribution in [3.05, 3.63) is 59.5 Å². The number of fused-ring (bicyclic) bond motifs is 1. The number of nitrogens with zero attached hydrogens (tertiary/aromatic N) is 1. The van der Waals surface area contributed by atoms with Crippen LogP contribution in [0.25, 0.3) is 22.0 Å². The Morgan fingerprint density at radius 3 is 2.39 bits per heavy atom. The Morgan fingerprint density at radius 2 is 1.74 bits per heavy atom. The van der Waals surface area contributed by atoms with Gasteiger partial charge in [-0.3, -0.25) is 4.79 Å². The topological polar surface area (TPSA) is 22.0 Å². The minimum Gasteiger partial charge on any atom is -0.344 e. The average molecular weight is 317 g/mol. The number of rotatable bonds is 3. The first-order valence-electron chi connectivity index (χ1n) is 7.18. The maximum Gasteiger partial charge on any atom is 0.195 e. The summed E-state index contributed by atoms with van der Waals surface area (Å²) in [7, 11) is 0. The molecule has 2 aromatic carbocycles. The van der Waals surface area contributed by atoms with Gasteiger partial charge < -0.3 is 4.57 Å². The summed E-state index contributed by atoms with van der Waals surface area (Å²) in [6.45, 7) is 3.91. The van der Waals surface area contributed by atoms with Crippen molar-refractivity contribution in [1.29, 1.82) is 0 Å². The predicted molar refractivity (Wildman–Crippen MR) is 83.0 cm³/mol. The zero-order chi connectivity index (χ0) is 16.7. The second-order valence-corrected chi connectivity index (χ2v) is 5.63. The maximum atomic E-state index is 14.2. The van der Waals surface area contributed by atoms with Gasteiger partial charge in [0.1, 0.15) is 0 Å². The van der Waals surface area contributed by atoms with Crippen LogP contribution in [0.4, 0.5) is 13.2 Å². The molecule has 3 rings (SSSR count). The van der Waals surface area contributed by atoms with Crippen LogP contribution in [0, 0.1) is 17.5 Å². The highest BCUT2D eigenvalue weighted by molar-refractivity contribution is 6.06. The van der Waals surface area contributed by atoms with Crippen molar-refractivity contribution in [2.45, 2.75) is 19.9 Å². The molecule has 1 aromatic heterocycles. The summed E-state index contributed by atoms with van der Waals surface area (Å²) >= 11 is 0. The highest BCUT2D eigenvalue weighted by atomic mass is 19.2. The third-order valence-corrected chi connectivity index (χ3v) is 3.90. The molecule has 0 aliphatic heterocycles. The quantitative estimate of drug-likeness (QED) is 0.485. The van der Waals surface area contributed by atoms with Crippen LogP contribution in [-0.4, -0.2) is 10.9 Å². The maximum absolute atomic E-state index is 14.2. The number of hydrogen-bond donors (Lipinski definition) is 0. The molecule has 0 spiro atoms. The van der Waals surface area contributed by atoms with E-state index in [2.05, 4.69) is 0 Å². The Balaban J connectivity index is 2.40. The average Bonchev–Trinajstić information content (AvgIpc) is 2.92.